The minimum atomic E-state index is -0.562. The molecule has 1 heterocycles. The zero-order valence-corrected chi connectivity index (χ0v) is 14.6. The van der Waals surface area contributed by atoms with Crippen molar-refractivity contribution in [1.82, 2.24) is 10.9 Å². The number of hydrogen-bond donors (Lipinski definition) is 2. The van der Waals surface area contributed by atoms with Gasteiger partial charge < -0.3 is 10.2 Å². The van der Waals surface area contributed by atoms with Crippen molar-refractivity contribution in [2.24, 2.45) is 11.3 Å². The van der Waals surface area contributed by atoms with Crippen LogP contribution in [0.1, 0.15) is 33.3 Å². The van der Waals surface area contributed by atoms with E-state index >= 15 is 0 Å². The van der Waals surface area contributed by atoms with E-state index < -0.39 is 5.41 Å². The van der Waals surface area contributed by atoms with Gasteiger partial charge in [-0.05, 0) is 42.9 Å². The summed E-state index contributed by atoms with van der Waals surface area (Å²) in [5.41, 5.74) is 7.06. The monoisotopic (exact) mass is 324 g/mol. The highest BCUT2D eigenvalue weighted by Gasteiger charge is 2.37. The minimum absolute atomic E-state index is 0.0186. The number of carbonyl (C=O) groups excluding carboxylic acids is 1. The molecule has 0 aliphatic carbocycles. The van der Waals surface area contributed by atoms with Crippen LogP contribution >= 0.6 is 0 Å². The van der Waals surface area contributed by atoms with Gasteiger partial charge >= 0.3 is 0 Å². The second kappa shape index (κ2) is 6.19. The summed E-state index contributed by atoms with van der Waals surface area (Å²) in [6, 6.07) is 12.3. The number of ether oxygens (including phenoxy) is 1. The summed E-state index contributed by atoms with van der Waals surface area (Å²) < 4.78 is 5.96. The molecular weight excluding hydrogens is 300 g/mol. The molecule has 0 aromatic heterocycles. The Morgan fingerprint density at radius 2 is 1.79 bits per heavy atom. The lowest BCUT2D eigenvalue weighted by Crippen LogP contribution is -2.28. The van der Waals surface area contributed by atoms with Crippen LogP contribution in [0.2, 0.25) is 0 Å². The van der Waals surface area contributed by atoms with Gasteiger partial charge in [0.15, 0.2) is 0 Å². The Morgan fingerprint density at radius 1 is 1.08 bits per heavy atom. The molecule has 2 N–H and O–H groups in total. The number of hydrazine groups is 1. The summed E-state index contributed by atoms with van der Waals surface area (Å²) in [7, 11) is 0. The maximum absolute atomic E-state index is 11.9. The Bertz CT molecular complexity index is 806. The van der Waals surface area contributed by atoms with E-state index in [0.717, 1.165) is 27.8 Å². The van der Waals surface area contributed by atoms with E-state index in [1.54, 1.807) is 0 Å². The van der Waals surface area contributed by atoms with E-state index in [0.29, 0.717) is 12.5 Å². The number of fused-ring (bicyclic) bond motifs is 1. The lowest BCUT2D eigenvalue weighted by atomic mass is 9.88. The van der Waals surface area contributed by atoms with E-state index in [9.17, 15) is 4.79 Å². The molecule has 0 radical (unpaired) electrons. The molecule has 24 heavy (non-hydrogen) atoms. The molecule has 0 unspecified atom stereocenters. The molecule has 4 nitrogen and oxygen atoms in total. The predicted octanol–water partition coefficient (Wildman–Crippen LogP) is 3.88. The van der Waals surface area contributed by atoms with Crippen molar-refractivity contribution < 1.29 is 9.53 Å². The first-order valence-electron chi connectivity index (χ1n) is 8.33. The first kappa shape index (κ1) is 16.4. The molecule has 3 rings (SSSR count). The largest absolute Gasteiger partial charge is 0.493 e. The van der Waals surface area contributed by atoms with Gasteiger partial charge in [-0.15, -0.1) is 0 Å². The van der Waals surface area contributed by atoms with Crippen molar-refractivity contribution in [3.8, 4) is 5.75 Å². The lowest BCUT2D eigenvalue weighted by Gasteiger charge is -2.16. The average Bonchev–Trinajstić information content (AvgIpc) is 2.80. The maximum Gasteiger partial charge on any atom is 0.249 e. The van der Waals surface area contributed by atoms with Crippen molar-refractivity contribution in [2.45, 2.75) is 27.7 Å². The fourth-order valence-corrected chi connectivity index (χ4v) is 2.73. The molecule has 0 saturated carbocycles. The molecule has 2 aromatic carbocycles. The van der Waals surface area contributed by atoms with E-state index in [1.165, 1.54) is 0 Å². The summed E-state index contributed by atoms with van der Waals surface area (Å²) >= 11 is 0. The highest BCUT2D eigenvalue weighted by atomic mass is 16.5. The van der Waals surface area contributed by atoms with Gasteiger partial charge in [-0.1, -0.05) is 44.2 Å². The molecule has 0 bridgehead atoms. The number of hydrogen-bond acceptors (Lipinski definition) is 3. The number of carbonyl (C=O) groups is 1. The van der Waals surface area contributed by atoms with E-state index in [4.69, 9.17) is 4.74 Å². The SMILES string of the molecule is CC(C)COc1ccc(/C=C2\NNC(=O)C2(C)C)c2ccccc12. The highest BCUT2D eigenvalue weighted by molar-refractivity contribution is 5.96. The summed E-state index contributed by atoms with van der Waals surface area (Å²) in [5, 5.41) is 2.20. The second-order valence-electron chi connectivity index (χ2n) is 7.17. The van der Waals surface area contributed by atoms with Gasteiger partial charge in [0.25, 0.3) is 0 Å². The fraction of sp³-hybridized carbons (Fsp3) is 0.350. The molecule has 1 amide bonds. The van der Waals surface area contributed by atoms with Crippen molar-refractivity contribution in [3.63, 3.8) is 0 Å². The average molecular weight is 324 g/mol. The molecule has 1 aliphatic rings. The zero-order chi connectivity index (χ0) is 17.3. The number of amides is 1. The second-order valence-corrected chi connectivity index (χ2v) is 7.17. The molecule has 0 atom stereocenters. The van der Waals surface area contributed by atoms with Gasteiger partial charge in [0.1, 0.15) is 5.75 Å². The number of rotatable bonds is 4. The molecule has 1 saturated heterocycles. The first-order chi connectivity index (χ1) is 11.4. The van der Waals surface area contributed by atoms with Gasteiger partial charge in [-0.2, -0.15) is 0 Å². The molecule has 1 aliphatic heterocycles. The third kappa shape index (κ3) is 2.96. The molecule has 0 spiro atoms. The molecule has 1 fully saturated rings. The summed E-state index contributed by atoms with van der Waals surface area (Å²) in [5.74, 6) is 1.36. The molecule has 2 aromatic rings. The summed E-state index contributed by atoms with van der Waals surface area (Å²) in [6.07, 6.45) is 2.03. The Hall–Kier alpha value is -2.49. The van der Waals surface area contributed by atoms with Crippen molar-refractivity contribution in [1.29, 1.82) is 0 Å². The number of nitrogens with one attached hydrogen (secondary N) is 2. The maximum atomic E-state index is 11.9. The van der Waals surface area contributed by atoms with Crippen LogP contribution in [0.15, 0.2) is 42.1 Å². The molecule has 4 heteroatoms. The van der Waals surface area contributed by atoms with E-state index in [2.05, 4.69) is 36.8 Å². The topological polar surface area (TPSA) is 50.4 Å². The smallest absolute Gasteiger partial charge is 0.249 e. The van der Waals surface area contributed by atoms with Crippen LogP contribution in [0, 0.1) is 11.3 Å². The van der Waals surface area contributed by atoms with Crippen LogP contribution in [0.3, 0.4) is 0 Å². The Balaban J connectivity index is 2.05. The van der Waals surface area contributed by atoms with Crippen LogP contribution in [0.4, 0.5) is 0 Å². The highest BCUT2D eigenvalue weighted by Crippen LogP contribution is 2.34. The normalized spacial score (nSPS) is 18.0. The zero-order valence-electron chi connectivity index (χ0n) is 14.6. The summed E-state index contributed by atoms with van der Waals surface area (Å²) in [4.78, 5) is 11.9. The Morgan fingerprint density at radius 3 is 2.42 bits per heavy atom. The quantitative estimate of drug-likeness (QED) is 0.897. The standard InChI is InChI=1S/C20H24N2O2/c1-13(2)12-24-17-10-9-14(15-7-5-6-8-16(15)17)11-18-20(3,4)19(23)22-21-18/h5-11,13,21H,12H2,1-4H3,(H,22,23)/b18-11-. The van der Waals surface area contributed by atoms with Gasteiger partial charge in [0.05, 0.1) is 12.0 Å². The van der Waals surface area contributed by atoms with E-state index in [1.807, 2.05) is 44.2 Å². The van der Waals surface area contributed by atoms with Crippen LogP contribution in [0.25, 0.3) is 16.8 Å². The van der Waals surface area contributed by atoms with Crippen LogP contribution in [-0.4, -0.2) is 12.5 Å². The summed E-state index contributed by atoms with van der Waals surface area (Å²) in [6.45, 7) is 8.79. The lowest BCUT2D eigenvalue weighted by molar-refractivity contribution is -0.125. The van der Waals surface area contributed by atoms with Crippen molar-refractivity contribution in [2.75, 3.05) is 6.61 Å². The van der Waals surface area contributed by atoms with Gasteiger partial charge in [0.2, 0.25) is 5.91 Å². The van der Waals surface area contributed by atoms with E-state index in [-0.39, 0.29) is 5.91 Å². The molecule has 126 valence electrons. The Kier molecular flexibility index (Phi) is 4.22. The van der Waals surface area contributed by atoms with Crippen LogP contribution in [-0.2, 0) is 4.79 Å². The van der Waals surface area contributed by atoms with Crippen LogP contribution < -0.4 is 15.6 Å². The van der Waals surface area contributed by atoms with Crippen molar-refractivity contribution >= 4 is 22.8 Å². The fourth-order valence-electron chi connectivity index (χ4n) is 2.73. The first-order valence-corrected chi connectivity index (χ1v) is 8.33. The number of benzene rings is 2. The van der Waals surface area contributed by atoms with Crippen molar-refractivity contribution in [3.05, 3.63) is 47.7 Å². The van der Waals surface area contributed by atoms with Gasteiger partial charge in [-0.25, -0.2) is 0 Å². The molecular formula is C20H24N2O2. The van der Waals surface area contributed by atoms with Crippen LogP contribution in [0.5, 0.6) is 5.75 Å². The van der Waals surface area contributed by atoms with Gasteiger partial charge in [0, 0.05) is 11.1 Å². The third-order valence-electron chi connectivity index (χ3n) is 4.34. The predicted molar refractivity (Wildman–Crippen MR) is 97.3 cm³/mol. The van der Waals surface area contributed by atoms with Gasteiger partial charge in [-0.3, -0.25) is 10.2 Å². The third-order valence-corrected chi connectivity index (χ3v) is 4.34. The minimum Gasteiger partial charge on any atom is -0.493 e. The Labute approximate surface area is 142 Å².